The van der Waals surface area contributed by atoms with Crippen LogP contribution in [0.25, 0.3) is 0 Å². The molecule has 0 bridgehead atoms. The van der Waals surface area contributed by atoms with E-state index < -0.39 is 0 Å². The fourth-order valence-corrected chi connectivity index (χ4v) is 2.12. The Labute approximate surface area is 112 Å². The maximum absolute atomic E-state index is 5.68. The smallest absolute Gasteiger partial charge is 0.324 e. The highest BCUT2D eigenvalue weighted by atomic mass is 16.5. The topological polar surface area (TPSA) is 78.4 Å². The van der Waals surface area contributed by atoms with E-state index >= 15 is 0 Å². The van der Waals surface area contributed by atoms with Gasteiger partial charge in [0.15, 0.2) is 0 Å². The van der Waals surface area contributed by atoms with E-state index in [9.17, 15) is 0 Å². The van der Waals surface area contributed by atoms with Gasteiger partial charge in [0.1, 0.15) is 0 Å². The maximum Gasteiger partial charge on any atom is 0.324 e. The van der Waals surface area contributed by atoms with Gasteiger partial charge >= 0.3 is 12.0 Å². The molecule has 1 atom stereocenters. The molecule has 1 aliphatic heterocycles. The van der Waals surface area contributed by atoms with E-state index in [2.05, 4.69) is 34.1 Å². The first-order valence-corrected chi connectivity index (χ1v) is 6.27. The Hall–Kier alpha value is -1.63. The van der Waals surface area contributed by atoms with Gasteiger partial charge in [-0.15, -0.1) is 4.98 Å². The van der Waals surface area contributed by atoms with Gasteiger partial charge in [-0.05, 0) is 26.7 Å². The van der Waals surface area contributed by atoms with Gasteiger partial charge in [0.25, 0.3) is 0 Å². The van der Waals surface area contributed by atoms with Crippen molar-refractivity contribution in [3.8, 4) is 12.0 Å². The highest BCUT2D eigenvalue weighted by Crippen LogP contribution is 2.26. The minimum atomic E-state index is -0.128. The quantitative estimate of drug-likeness (QED) is 0.880. The maximum atomic E-state index is 5.68. The van der Waals surface area contributed by atoms with Crippen LogP contribution in [0.5, 0.6) is 12.0 Å². The van der Waals surface area contributed by atoms with E-state index in [-0.39, 0.29) is 23.7 Å². The Bertz CT molecular complexity index is 417. The first-order chi connectivity index (χ1) is 9.02. The molecule has 1 N–H and O–H groups in total. The molecule has 0 amide bonds. The summed E-state index contributed by atoms with van der Waals surface area (Å²) in [5.74, 6) is 0.464. The predicted octanol–water partition coefficient (Wildman–Crippen LogP) is 1.26. The third kappa shape index (κ3) is 3.66. The number of rotatable bonds is 4. The van der Waals surface area contributed by atoms with E-state index in [1.54, 1.807) is 0 Å². The molecule has 2 heterocycles. The van der Waals surface area contributed by atoms with Gasteiger partial charge in [-0.2, -0.15) is 9.97 Å². The second kappa shape index (κ2) is 5.56. The van der Waals surface area contributed by atoms with Crippen molar-refractivity contribution < 1.29 is 14.2 Å². The summed E-state index contributed by atoms with van der Waals surface area (Å²) >= 11 is 0. The summed E-state index contributed by atoms with van der Waals surface area (Å²) in [6, 6.07) is 0.738. The largest absolute Gasteiger partial charge is 0.467 e. The molecule has 1 aliphatic rings. The Morgan fingerprint density at radius 3 is 2.32 bits per heavy atom. The average molecular weight is 268 g/mol. The first-order valence-electron chi connectivity index (χ1n) is 6.27. The lowest BCUT2D eigenvalue weighted by molar-refractivity contribution is -0.0554. The fraction of sp³-hybridized carbons (Fsp3) is 0.750. The van der Waals surface area contributed by atoms with Gasteiger partial charge in [-0.3, -0.25) is 0 Å². The Kier molecular flexibility index (Phi) is 4.04. The van der Waals surface area contributed by atoms with E-state index in [1.807, 2.05) is 0 Å². The molecule has 1 aromatic heterocycles. The minimum absolute atomic E-state index is 0.128. The van der Waals surface area contributed by atoms with Crippen LogP contribution >= 0.6 is 0 Å². The summed E-state index contributed by atoms with van der Waals surface area (Å²) in [4.78, 5) is 12.3. The van der Waals surface area contributed by atoms with Crippen molar-refractivity contribution in [3.63, 3.8) is 0 Å². The van der Waals surface area contributed by atoms with Gasteiger partial charge in [-0.1, -0.05) is 0 Å². The summed E-state index contributed by atoms with van der Waals surface area (Å²) in [6.07, 6.45) is 1.81. The van der Waals surface area contributed by atoms with E-state index in [1.165, 1.54) is 14.2 Å². The zero-order chi connectivity index (χ0) is 13.9. The first kappa shape index (κ1) is 13.8. The lowest BCUT2D eigenvalue weighted by atomic mass is 9.94. The highest BCUT2D eigenvalue weighted by Gasteiger charge is 2.29. The molecule has 1 unspecified atom stereocenters. The fourth-order valence-electron chi connectivity index (χ4n) is 2.12. The van der Waals surface area contributed by atoms with Gasteiger partial charge in [-0.25, -0.2) is 0 Å². The van der Waals surface area contributed by atoms with Crippen molar-refractivity contribution in [2.75, 3.05) is 26.1 Å². The van der Waals surface area contributed by atoms with Crippen LogP contribution in [-0.4, -0.2) is 47.4 Å². The standard InChI is InChI=1S/C12H20N4O3/c1-12(2)7-8(5-6-19-12)13-9-14-10(17-3)16-11(15-9)18-4/h8H,5-7H2,1-4H3,(H,13,14,15,16). The summed E-state index contributed by atoms with van der Waals surface area (Å²) in [5.41, 5.74) is -0.128. The minimum Gasteiger partial charge on any atom is -0.467 e. The molecule has 0 aliphatic carbocycles. The van der Waals surface area contributed by atoms with Crippen LogP contribution in [0.2, 0.25) is 0 Å². The third-order valence-corrected chi connectivity index (χ3v) is 2.99. The van der Waals surface area contributed by atoms with Crippen LogP contribution in [0.4, 0.5) is 5.95 Å². The van der Waals surface area contributed by atoms with Crippen molar-refractivity contribution >= 4 is 5.95 Å². The SMILES string of the molecule is COc1nc(NC2CCOC(C)(C)C2)nc(OC)n1. The van der Waals surface area contributed by atoms with Crippen molar-refractivity contribution in [2.24, 2.45) is 0 Å². The molecule has 7 nitrogen and oxygen atoms in total. The highest BCUT2D eigenvalue weighted by molar-refractivity contribution is 5.29. The van der Waals surface area contributed by atoms with Crippen molar-refractivity contribution in [1.29, 1.82) is 0 Å². The third-order valence-electron chi connectivity index (χ3n) is 2.99. The zero-order valence-corrected chi connectivity index (χ0v) is 11.8. The van der Waals surface area contributed by atoms with Crippen LogP contribution in [0.3, 0.4) is 0 Å². The monoisotopic (exact) mass is 268 g/mol. The number of nitrogens with zero attached hydrogens (tertiary/aromatic N) is 3. The molecular weight excluding hydrogens is 248 g/mol. The second-order valence-electron chi connectivity index (χ2n) is 5.07. The number of anilines is 1. The Morgan fingerprint density at radius 1 is 1.16 bits per heavy atom. The summed E-state index contributed by atoms with van der Waals surface area (Å²) in [7, 11) is 3.02. The average Bonchev–Trinajstić information content (AvgIpc) is 2.37. The predicted molar refractivity (Wildman–Crippen MR) is 69.6 cm³/mol. The molecule has 0 radical (unpaired) electrons. The number of hydrogen-bond acceptors (Lipinski definition) is 7. The zero-order valence-electron chi connectivity index (χ0n) is 11.8. The summed E-state index contributed by atoms with van der Waals surface area (Å²) in [6.45, 7) is 4.88. The molecule has 7 heteroatoms. The number of methoxy groups -OCH3 is 2. The van der Waals surface area contributed by atoms with Gasteiger partial charge < -0.3 is 19.5 Å². The van der Waals surface area contributed by atoms with Gasteiger partial charge in [0.05, 0.1) is 19.8 Å². The summed E-state index contributed by atoms with van der Waals surface area (Å²) < 4.78 is 15.7. The molecule has 1 fully saturated rings. The Morgan fingerprint density at radius 2 is 1.79 bits per heavy atom. The van der Waals surface area contributed by atoms with Crippen molar-refractivity contribution in [3.05, 3.63) is 0 Å². The van der Waals surface area contributed by atoms with Crippen LogP contribution in [-0.2, 0) is 4.74 Å². The molecule has 0 aromatic carbocycles. The molecule has 1 aromatic rings. The molecule has 0 spiro atoms. The number of hydrogen-bond donors (Lipinski definition) is 1. The van der Waals surface area contributed by atoms with Gasteiger partial charge in [0.2, 0.25) is 5.95 Å². The van der Waals surface area contributed by atoms with Crippen LogP contribution in [0.1, 0.15) is 26.7 Å². The molecular formula is C12H20N4O3. The lowest BCUT2D eigenvalue weighted by Crippen LogP contribution is -2.40. The van der Waals surface area contributed by atoms with Gasteiger partial charge in [0, 0.05) is 12.6 Å². The normalized spacial score (nSPS) is 21.8. The molecule has 106 valence electrons. The van der Waals surface area contributed by atoms with E-state index in [0.717, 1.165) is 19.4 Å². The van der Waals surface area contributed by atoms with Crippen LogP contribution in [0.15, 0.2) is 0 Å². The van der Waals surface area contributed by atoms with E-state index in [4.69, 9.17) is 14.2 Å². The lowest BCUT2D eigenvalue weighted by Gasteiger charge is -2.35. The molecule has 19 heavy (non-hydrogen) atoms. The van der Waals surface area contributed by atoms with E-state index in [0.29, 0.717) is 5.95 Å². The number of aromatic nitrogens is 3. The number of ether oxygens (including phenoxy) is 3. The Balaban J connectivity index is 2.09. The summed E-state index contributed by atoms with van der Waals surface area (Å²) in [5, 5.41) is 3.28. The molecule has 1 saturated heterocycles. The van der Waals surface area contributed by atoms with Crippen LogP contribution < -0.4 is 14.8 Å². The molecule has 0 saturated carbocycles. The van der Waals surface area contributed by atoms with Crippen molar-refractivity contribution in [1.82, 2.24) is 15.0 Å². The second-order valence-corrected chi connectivity index (χ2v) is 5.07. The van der Waals surface area contributed by atoms with Crippen molar-refractivity contribution in [2.45, 2.75) is 38.3 Å². The molecule has 2 rings (SSSR count). The number of nitrogens with one attached hydrogen (secondary N) is 1. The van der Waals surface area contributed by atoms with Crippen LogP contribution in [0, 0.1) is 0 Å².